The normalized spacial score (nSPS) is 12.2. The molecule has 0 unspecified atom stereocenters. The summed E-state index contributed by atoms with van der Waals surface area (Å²) < 4.78 is 0.975. The molecule has 3 heteroatoms. The first-order chi connectivity index (χ1) is 8.22. The first-order valence-electron chi connectivity index (χ1n) is 5.38. The maximum Gasteiger partial charge on any atom is 0.194 e. The second kappa shape index (κ2) is 3.70. The van der Waals surface area contributed by atoms with Gasteiger partial charge in [-0.3, -0.25) is 4.79 Å². The lowest BCUT2D eigenvalue weighted by atomic mass is 10.1. The molecule has 0 saturated heterocycles. The van der Waals surface area contributed by atoms with Gasteiger partial charge in [-0.2, -0.15) is 0 Å². The molecular weight excluding hydrogens is 278 g/mol. The van der Waals surface area contributed by atoms with Crippen molar-refractivity contribution in [2.45, 2.75) is 0 Å². The van der Waals surface area contributed by atoms with E-state index >= 15 is 0 Å². The smallest absolute Gasteiger partial charge is 0.194 e. The third kappa shape index (κ3) is 1.42. The van der Waals surface area contributed by atoms with Crippen molar-refractivity contribution >= 4 is 27.4 Å². The van der Waals surface area contributed by atoms with Crippen LogP contribution in [0.4, 0.5) is 5.69 Å². The highest BCUT2D eigenvalue weighted by Gasteiger charge is 2.27. The molecule has 0 saturated carbocycles. The van der Waals surface area contributed by atoms with Crippen LogP contribution < -0.4 is 5.32 Å². The molecule has 0 aromatic heterocycles. The van der Waals surface area contributed by atoms with Gasteiger partial charge in [0.15, 0.2) is 5.78 Å². The Morgan fingerprint density at radius 2 is 1.71 bits per heavy atom. The first-order valence-corrected chi connectivity index (χ1v) is 6.17. The van der Waals surface area contributed by atoms with Crippen LogP contribution in [-0.2, 0) is 0 Å². The number of halogens is 1. The maximum atomic E-state index is 12.2. The van der Waals surface area contributed by atoms with Gasteiger partial charge in [0.05, 0.1) is 0 Å². The van der Waals surface area contributed by atoms with Crippen molar-refractivity contribution in [2.24, 2.45) is 0 Å². The molecule has 0 bridgehead atoms. The molecule has 1 aliphatic rings. The summed E-state index contributed by atoms with van der Waals surface area (Å²) in [4.78, 5) is 12.2. The van der Waals surface area contributed by atoms with Crippen LogP contribution in [0.3, 0.4) is 0 Å². The number of rotatable bonds is 1. The molecule has 1 aliphatic carbocycles. The Kier molecular flexibility index (Phi) is 2.30. The van der Waals surface area contributed by atoms with E-state index in [4.69, 9.17) is 0 Å². The van der Waals surface area contributed by atoms with Crippen LogP contribution in [0.25, 0.3) is 11.1 Å². The molecule has 0 amide bonds. The van der Waals surface area contributed by atoms with Gasteiger partial charge in [-0.25, -0.2) is 0 Å². The lowest BCUT2D eigenvalue weighted by Crippen LogP contribution is -1.97. The number of hydrogen-bond acceptors (Lipinski definition) is 2. The summed E-state index contributed by atoms with van der Waals surface area (Å²) in [7, 11) is 1.85. The largest absolute Gasteiger partial charge is 0.387 e. The summed E-state index contributed by atoms with van der Waals surface area (Å²) in [6, 6.07) is 11.6. The van der Waals surface area contributed by atoms with E-state index in [1.807, 2.05) is 43.4 Å². The second-order valence-electron chi connectivity index (χ2n) is 4.00. The fourth-order valence-corrected chi connectivity index (χ4v) is 2.78. The van der Waals surface area contributed by atoms with Crippen LogP contribution in [0.1, 0.15) is 15.9 Å². The van der Waals surface area contributed by atoms with Gasteiger partial charge in [-0.1, -0.05) is 24.3 Å². The monoisotopic (exact) mass is 287 g/mol. The highest BCUT2D eigenvalue weighted by Crippen LogP contribution is 2.40. The molecule has 1 N–H and O–H groups in total. The topological polar surface area (TPSA) is 29.1 Å². The van der Waals surface area contributed by atoms with Gasteiger partial charge >= 0.3 is 0 Å². The molecular formula is C14H10BrNO. The number of hydrogen-bond donors (Lipinski definition) is 1. The van der Waals surface area contributed by atoms with Crippen LogP contribution in [0.5, 0.6) is 0 Å². The maximum absolute atomic E-state index is 12.2. The average Bonchev–Trinajstić information content (AvgIpc) is 2.63. The molecule has 84 valence electrons. The third-order valence-corrected chi connectivity index (χ3v) is 3.74. The van der Waals surface area contributed by atoms with Gasteiger partial charge in [-0.15, -0.1) is 0 Å². The Balaban J connectivity index is 2.32. The predicted octanol–water partition coefficient (Wildman–Crippen LogP) is 3.70. The van der Waals surface area contributed by atoms with Crippen LogP contribution in [0.15, 0.2) is 40.9 Å². The van der Waals surface area contributed by atoms with Gasteiger partial charge < -0.3 is 5.32 Å². The van der Waals surface area contributed by atoms with Gasteiger partial charge in [-0.05, 0) is 39.2 Å². The van der Waals surface area contributed by atoms with Crippen molar-refractivity contribution < 1.29 is 4.79 Å². The van der Waals surface area contributed by atoms with E-state index in [1.54, 1.807) is 0 Å². The number of fused-ring (bicyclic) bond motifs is 3. The summed E-state index contributed by atoms with van der Waals surface area (Å²) >= 11 is 3.51. The fourth-order valence-electron chi connectivity index (χ4n) is 2.24. The second-order valence-corrected chi connectivity index (χ2v) is 4.86. The Labute approximate surface area is 108 Å². The summed E-state index contributed by atoms with van der Waals surface area (Å²) in [5.41, 5.74) is 4.54. The van der Waals surface area contributed by atoms with Crippen LogP contribution in [0, 0.1) is 0 Å². The minimum atomic E-state index is 0.111. The van der Waals surface area contributed by atoms with E-state index < -0.39 is 0 Å². The van der Waals surface area contributed by atoms with Crippen LogP contribution in [0.2, 0.25) is 0 Å². The zero-order chi connectivity index (χ0) is 12.0. The molecule has 2 aromatic carbocycles. The predicted molar refractivity (Wildman–Crippen MR) is 72.6 cm³/mol. The SMILES string of the molecule is CNc1cc2c(cc1Br)-c1ccccc1C2=O. The quantitative estimate of drug-likeness (QED) is 0.739. The molecule has 0 fully saturated rings. The van der Waals surface area contributed by atoms with Crippen molar-refractivity contribution in [3.8, 4) is 11.1 Å². The highest BCUT2D eigenvalue weighted by atomic mass is 79.9. The standard InChI is InChI=1S/C14H10BrNO/c1-16-13-7-11-10(6-12(13)15)8-4-2-3-5-9(8)14(11)17/h2-7,16H,1H3. The molecule has 0 heterocycles. The number of benzene rings is 2. The van der Waals surface area contributed by atoms with Crippen molar-refractivity contribution in [2.75, 3.05) is 12.4 Å². The lowest BCUT2D eigenvalue weighted by molar-refractivity contribution is 0.104. The van der Waals surface area contributed by atoms with Gasteiger partial charge in [0.1, 0.15) is 0 Å². The van der Waals surface area contributed by atoms with E-state index in [2.05, 4.69) is 21.2 Å². The van der Waals surface area contributed by atoms with Crippen LogP contribution in [-0.4, -0.2) is 12.8 Å². The molecule has 17 heavy (non-hydrogen) atoms. The van der Waals surface area contributed by atoms with Crippen molar-refractivity contribution in [1.29, 1.82) is 0 Å². The molecule has 0 atom stereocenters. The number of carbonyl (C=O) groups excluding carboxylic acids is 1. The summed E-state index contributed by atoms with van der Waals surface area (Å²) in [5.74, 6) is 0.111. The van der Waals surface area contributed by atoms with Crippen molar-refractivity contribution in [3.63, 3.8) is 0 Å². The Morgan fingerprint density at radius 1 is 1.00 bits per heavy atom. The third-order valence-electron chi connectivity index (χ3n) is 3.08. The van der Waals surface area contributed by atoms with E-state index in [-0.39, 0.29) is 5.78 Å². The zero-order valence-corrected chi connectivity index (χ0v) is 10.8. The Hall–Kier alpha value is -1.61. The zero-order valence-electron chi connectivity index (χ0n) is 9.25. The van der Waals surface area contributed by atoms with Crippen LogP contribution >= 0.6 is 15.9 Å². The van der Waals surface area contributed by atoms with E-state index in [0.717, 1.165) is 32.4 Å². The van der Waals surface area contributed by atoms with Gasteiger partial charge in [0, 0.05) is 28.3 Å². The average molecular weight is 288 g/mol. The van der Waals surface area contributed by atoms with Gasteiger partial charge in [0.25, 0.3) is 0 Å². The van der Waals surface area contributed by atoms with E-state index in [1.165, 1.54) is 0 Å². The molecule has 0 radical (unpaired) electrons. The van der Waals surface area contributed by atoms with E-state index in [0.29, 0.717) is 0 Å². The molecule has 3 rings (SSSR count). The van der Waals surface area contributed by atoms with Crippen molar-refractivity contribution in [1.82, 2.24) is 0 Å². The fraction of sp³-hybridized carbons (Fsp3) is 0.0714. The first kappa shape index (κ1) is 10.5. The molecule has 0 spiro atoms. The lowest BCUT2D eigenvalue weighted by Gasteiger charge is -2.06. The van der Waals surface area contributed by atoms with Gasteiger partial charge in [0.2, 0.25) is 0 Å². The number of carbonyl (C=O) groups is 1. The summed E-state index contributed by atoms with van der Waals surface area (Å²) in [6.07, 6.45) is 0. The Bertz CT molecular complexity index is 634. The summed E-state index contributed by atoms with van der Waals surface area (Å²) in [6.45, 7) is 0. The summed E-state index contributed by atoms with van der Waals surface area (Å²) in [5, 5.41) is 3.07. The number of anilines is 1. The number of ketones is 1. The highest BCUT2D eigenvalue weighted by molar-refractivity contribution is 9.10. The minimum Gasteiger partial charge on any atom is -0.387 e. The van der Waals surface area contributed by atoms with Crippen molar-refractivity contribution in [3.05, 3.63) is 52.0 Å². The molecule has 2 nitrogen and oxygen atoms in total. The van der Waals surface area contributed by atoms with E-state index in [9.17, 15) is 4.79 Å². The molecule has 0 aliphatic heterocycles. The molecule has 2 aromatic rings. The minimum absolute atomic E-state index is 0.111. The Morgan fingerprint density at radius 3 is 2.41 bits per heavy atom. The number of nitrogens with one attached hydrogen (secondary N) is 1.